The SMILES string of the molecule is CC(C)(C)OC(=O)CCNC(=NCC1CCCCO1)NCCc1ccco1. The Hall–Kier alpha value is -2.02. The van der Waals surface area contributed by atoms with Crippen LogP contribution in [0.25, 0.3) is 0 Å². The zero-order valence-corrected chi connectivity index (χ0v) is 16.8. The number of nitrogens with one attached hydrogen (secondary N) is 2. The summed E-state index contributed by atoms with van der Waals surface area (Å²) in [6.07, 6.45) is 6.25. The van der Waals surface area contributed by atoms with E-state index in [2.05, 4.69) is 15.6 Å². The lowest BCUT2D eigenvalue weighted by atomic mass is 10.1. The number of rotatable bonds is 8. The standard InChI is InChI=1S/C20H33N3O4/c1-20(2,3)27-18(24)10-12-22-19(21-11-9-16-8-6-14-25-16)23-15-17-7-4-5-13-26-17/h6,8,14,17H,4-5,7,9-13,15H2,1-3H3,(H2,21,22,23). The average Bonchev–Trinajstić information content (AvgIpc) is 3.12. The molecule has 2 rings (SSSR count). The van der Waals surface area contributed by atoms with Gasteiger partial charge in [0.25, 0.3) is 0 Å². The van der Waals surface area contributed by atoms with Gasteiger partial charge in [0, 0.05) is 26.1 Å². The Labute approximate surface area is 161 Å². The van der Waals surface area contributed by atoms with Gasteiger partial charge in [-0.15, -0.1) is 0 Å². The maximum Gasteiger partial charge on any atom is 0.308 e. The van der Waals surface area contributed by atoms with E-state index in [1.807, 2.05) is 32.9 Å². The second-order valence-electron chi connectivity index (χ2n) is 7.70. The molecule has 0 aromatic carbocycles. The van der Waals surface area contributed by atoms with E-state index < -0.39 is 5.60 Å². The minimum atomic E-state index is -0.465. The molecule has 7 nitrogen and oxygen atoms in total. The van der Waals surface area contributed by atoms with Crippen LogP contribution in [0.3, 0.4) is 0 Å². The van der Waals surface area contributed by atoms with Gasteiger partial charge in [0.05, 0.1) is 25.3 Å². The highest BCUT2D eigenvalue weighted by atomic mass is 16.6. The van der Waals surface area contributed by atoms with E-state index in [0.717, 1.165) is 31.6 Å². The molecule has 1 aliphatic heterocycles. The number of guanidine groups is 1. The Bertz CT molecular complexity index is 573. The number of carbonyl (C=O) groups excluding carboxylic acids is 1. The zero-order valence-electron chi connectivity index (χ0n) is 16.8. The molecule has 1 fully saturated rings. The molecule has 2 heterocycles. The van der Waals surface area contributed by atoms with E-state index >= 15 is 0 Å². The third-order valence-corrected chi connectivity index (χ3v) is 4.01. The summed E-state index contributed by atoms with van der Waals surface area (Å²) in [4.78, 5) is 16.5. The fraction of sp³-hybridized carbons (Fsp3) is 0.700. The van der Waals surface area contributed by atoms with Crippen molar-refractivity contribution in [2.45, 2.75) is 64.6 Å². The summed E-state index contributed by atoms with van der Waals surface area (Å²) < 4.78 is 16.4. The lowest BCUT2D eigenvalue weighted by Crippen LogP contribution is -2.40. The van der Waals surface area contributed by atoms with Gasteiger partial charge < -0.3 is 24.5 Å². The van der Waals surface area contributed by atoms with Crippen LogP contribution in [0.2, 0.25) is 0 Å². The predicted octanol–water partition coefficient (Wildman–Crippen LogP) is 2.66. The van der Waals surface area contributed by atoms with Crippen LogP contribution in [0.1, 0.15) is 52.2 Å². The molecular weight excluding hydrogens is 346 g/mol. The summed E-state index contributed by atoms with van der Waals surface area (Å²) in [6, 6.07) is 3.83. The molecule has 0 saturated carbocycles. The van der Waals surface area contributed by atoms with Crippen molar-refractivity contribution in [3.63, 3.8) is 0 Å². The van der Waals surface area contributed by atoms with Gasteiger partial charge in [-0.3, -0.25) is 9.79 Å². The first kappa shape index (κ1) is 21.3. The highest BCUT2D eigenvalue weighted by Crippen LogP contribution is 2.12. The van der Waals surface area contributed by atoms with Crippen molar-refractivity contribution in [1.29, 1.82) is 0 Å². The van der Waals surface area contributed by atoms with Crippen LogP contribution in [0.4, 0.5) is 0 Å². The number of nitrogens with zero attached hydrogens (tertiary/aromatic N) is 1. The molecule has 2 N–H and O–H groups in total. The predicted molar refractivity (Wildman–Crippen MR) is 105 cm³/mol. The molecule has 1 aromatic rings. The van der Waals surface area contributed by atoms with E-state index in [0.29, 0.717) is 25.6 Å². The number of hydrogen-bond acceptors (Lipinski definition) is 5. The van der Waals surface area contributed by atoms with Gasteiger partial charge in [0.1, 0.15) is 11.4 Å². The molecule has 0 bridgehead atoms. The smallest absolute Gasteiger partial charge is 0.308 e. The van der Waals surface area contributed by atoms with Gasteiger partial charge in [-0.05, 0) is 52.2 Å². The Balaban J connectivity index is 1.79. The highest BCUT2D eigenvalue weighted by Gasteiger charge is 2.16. The van der Waals surface area contributed by atoms with Crippen LogP contribution < -0.4 is 10.6 Å². The minimum Gasteiger partial charge on any atom is -0.469 e. The first-order valence-corrected chi connectivity index (χ1v) is 9.80. The van der Waals surface area contributed by atoms with Gasteiger partial charge >= 0.3 is 5.97 Å². The first-order chi connectivity index (χ1) is 12.9. The molecule has 1 saturated heterocycles. The highest BCUT2D eigenvalue weighted by molar-refractivity contribution is 5.80. The molecular formula is C20H33N3O4. The van der Waals surface area contributed by atoms with E-state index in [9.17, 15) is 4.79 Å². The summed E-state index contributed by atoms with van der Waals surface area (Å²) in [5, 5.41) is 6.50. The summed E-state index contributed by atoms with van der Waals surface area (Å²) >= 11 is 0. The number of furan rings is 1. The van der Waals surface area contributed by atoms with Crippen molar-refractivity contribution in [2.75, 3.05) is 26.2 Å². The number of ether oxygens (including phenoxy) is 2. The third-order valence-electron chi connectivity index (χ3n) is 4.01. The van der Waals surface area contributed by atoms with Crippen LogP contribution in [-0.4, -0.2) is 49.9 Å². The lowest BCUT2D eigenvalue weighted by molar-refractivity contribution is -0.154. The third kappa shape index (κ3) is 9.47. The topological polar surface area (TPSA) is 85.1 Å². The number of carbonyl (C=O) groups is 1. The maximum atomic E-state index is 11.9. The molecule has 0 spiro atoms. The van der Waals surface area contributed by atoms with Crippen molar-refractivity contribution in [2.24, 2.45) is 4.99 Å². The second-order valence-corrected chi connectivity index (χ2v) is 7.70. The fourth-order valence-electron chi connectivity index (χ4n) is 2.75. The van der Waals surface area contributed by atoms with Crippen molar-refractivity contribution in [3.8, 4) is 0 Å². The monoisotopic (exact) mass is 379 g/mol. The van der Waals surface area contributed by atoms with E-state index in [1.54, 1.807) is 6.26 Å². The minimum absolute atomic E-state index is 0.174. The molecule has 0 radical (unpaired) electrons. The molecule has 0 aliphatic carbocycles. The molecule has 1 aliphatic rings. The van der Waals surface area contributed by atoms with Gasteiger partial charge in [-0.1, -0.05) is 0 Å². The van der Waals surface area contributed by atoms with Crippen molar-refractivity contribution >= 4 is 11.9 Å². The molecule has 1 atom stereocenters. The van der Waals surface area contributed by atoms with E-state index in [1.165, 1.54) is 6.42 Å². The largest absolute Gasteiger partial charge is 0.469 e. The molecule has 152 valence electrons. The summed E-state index contributed by atoms with van der Waals surface area (Å²) in [5.74, 6) is 1.38. The quantitative estimate of drug-likeness (QED) is 0.410. The van der Waals surface area contributed by atoms with Gasteiger partial charge in [-0.2, -0.15) is 0 Å². The van der Waals surface area contributed by atoms with Gasteiger partial charge in [0.2, 0.25) is 0 Å². The van der Waals surface area contributed by atoms with Crippen molar-refractivity contribution in [3.05, 3.63) is 24.2 Å². The summed E-state index contributed by atoms with van der Waals surface area (Å²) in [5.41, 5.74) is -0.465. The van der Waals surface area contributed by atoms with Crippen LogP contribution in [0.15, 0.2) is 27.8 Å². The Morgan fingerprint density at radius 3 is 2.78 bits per heavy atom. The van der Waals surface area contributed by atoms with Crippen molar-refractivity contribution in [1.82, 2.24) is 10.6 Å². The second kappa shape index (κ2) is 11.0. The molecule has 0 amide bonds. The lowest BCUT2D eigenvalue weighted by Gasteiger charge is -2.22. The zero-order chi connectivity index (χ0) is 19.5. The van der Waals surface area contributed by atoms with Crippen LogP contribution in [0, 0.1) is 0 Å². The van der Waals surface area contributed by atoms with Crippen LogP contribution in [0.5, 0.6) is 0 Å². The van der Waals surface area contributed by atoms with Gasteiger partial charge in [0.15, 0.2) is 5.96 Å². The van der Waals surface area contributed by atoms with E-state index in [4.69, 9.17) is 13.9 Å². The van der Waals surface area contributed by atoms with Gasteiger partial charge in [-0.25, -0.2) is 0 Å². The summed E-state index contributed by atoms with van der Waals surface area (Å²) in [7, 11) is 0. The molecule has 7 heteroatoms. The molecule has 1 aromatic heterocycles. The van der Waals surface area contributed by atoms with Crippen LogP contribution >= 0.6 is 0 Å². The Morgan fingerprint density at radius 1 is 1.30 bits per heavy atom. The van der Waals surface area contributed by atoms with Crippen LogP contribution in [-0.2, 0) is 20.7 Å². The number of hydrogen-bond donors (Lipinski definition) is 2. The first-order valence-electron chi connectivity index (χ1n) is 9.80. The number of aliphatic imine (C=N–C) groups is 1. The molecule has 1 unspecified atom stereocenters. The molecule has 27 heavy (non-hydrogen) atoms. The Kier molecular flexibility index (Phi) is 8.64. The van der Waals surface area contributed by atoms with E-state index in [-0.39, 0.29) is 18.5 Å². The normalized spacial score (nSPS) is 18.2. The Morgan fingerprint density at radius 2 is 2.11 bits per heavy atom. The number of esters is 1. The fourth-order valence-corrected chi connectivity index (χ4v) is 2.75. The van der Waals surface area contributed by atoms with Crippen molar-refractivity contribution < 1.29 is 18.7 Å². The maximum absolute atomic E-state index is 11.9. The summed E-state index contributed by atoms with van der Waals surface area (Å²) in [6.45, 7) is 8.18. The average molecular weight is 380 g/mol.